The number of esters is 1. The van der Waals surface area contributed by atoms with Crippen molar-refractivity contribution in [2.24, 2.45) is 23.2 Å². The minimum absolute atomic E-state index is 0.0112. The minimum Gasteiger partial charge on any atom is -0.462 e. The molecule has 1 saturated carbocycles. The Labute approximate surface area is 104 Å². The van der Waals surface area contributed by atoms with Crippen LogP contribution in [0, 0.1) is 23.2 Å². The SMILES string of the molecule is C=C[C@@]1(C)C[C@H]2OC(=O)[C@H](C)[C@H]2C[C@@H]1C(=C)C. The van der Waals surface area contributed by atoms with Crippen LogP contribution in [0.5, 0.6) is 0 Å². The van der Waals surface area contributed by atoms with Crippen LogP contribution in [-0.2, 0) is 9.53 Å². The summed E-state index contributed by atoms with van der Waals surface area (Å²) in [5.74, 6) is 0.778. The van der Waals surface area contributed by atoms with E-state index in [2.05, 4.69) is 27.0 Å². The van der Waals surface area contributed by atoms with Crippen LogP contribution in [0.2, 0.25) is 0 Å². The van der Waals surface area contributed by atoms with Gasteiger partial charge in [0.2, 0.25) is 0 Å². The van der Waals surface area contributed by atoms with Crippen molar-refractivity contribution in [3.05, 3.63) is 24.8 Å². The van der Waals surface area contributed by atoms with E-state index in [-0.39, 0.29) is 23.4 Å². The molecular formula is C15H22O2. The summed E-state index contributed by atoms with van der Waals surface area (Å²) in [5, 5.41) is 0. The zero-order valence-electron chi connectivity index (χ0n) is 11.0. The Morgan fingerprint density at radius 2 is 2.24 bits per heavy atom. The largest absolute Gasteiger partial charge is 0.462 e. The van der Waals surface area contributed by atoms with E-state index in [1.165, 1.54) is 5.57 Å². The van der Waals surface area contributed by atoms with Crippen LogP contribution in [-0.4, -0.2) is 12.1 Å². The summed E-state index contributed by atoms with van der Waals surface area (Å²) < 4.78 is 5.49. The van der Waals surface area contributed by atoms with Crippen molar-refractivity contribution in [3.8, 4) is 0 Å². The van der Waals surface area contributed by atoms with E-state index in [0.717, 1.165) is 12.8 Å². The first-order valence-electron chi connectivity index (χ1n) is 6.38. The fourth-order valence-electron chi connectivity index (χ4n) is 3.50. The van der Waals surface area contributed by atoms with Crippen molar-refractivity contribution in [2.75, 3.05) is 0 Å². The molecule has 0 spiro atoms. The van der Waals surface area contributed by atoms with E-state index in [0.29, 0.717) is 11.8 Å². The maximum atomic E-state index is 11.6. The number of carbonyl (C=O) groups is 1. The third-order valence-corrected chi connectivity index (χ3v) is 4.77. The van der Waals surface area contributed by atoms with E-state index < -0.39 is 0 Å². The molecule has 2 rings (SSSR count). The lowest BCUT2D eigenvalue weighted by molar-refractivity contribution is -0.145. The molecule has 0 amide bonds. The molecule has 94 valence electrons. The highest BCUT2D eigenvalue weighted by Gasteiger charge is 2.51. The predicted molar refractivity (Wildman–Crippen MR) is 68.4 cm³/mol. The first kappa shape index (κ1) is 12.4. The molecule has 1 aliphatic heterocycles. The van der Waals surface area contributed by atoms with Crippen molar-refractivity contribution in [2.45, 2.75) is 39.7 Å². The summed E-state index contributed by atoms with van der Waals surface area (Å²) in [6.45, 7) is 14.3. The fourth-order valence-corrected chi connectivity index (χ4v) is 3.50. The van der Waals surface area contributed by atoms with Gasteiger partial charge in [0.1, 0.15) is 6.10 Å². The first-order chi connectivity index (χ1) is 7.89. The maximum absolute atomic E-state index is 11.6. The molecule has 0 aromatic rings. The highest BCUT2D eigenvalue weighted by atomic mass is 16.6. The van der Waals surface area contributed by atoms with Gasteiger partial charge in [-0.2, -0.15) is 0 Å². The van der Waals surface area contributed by atoms with Gasteiger partial charge in [0, 0.05) is 5.92 Å². The van der Waals surface area contributed by atoms with Gasteiger partial charge in [-0.1, -0.05) is 32.1 Å². The number of ether oxygens (including phenoxy) is 1. The molecule has 2 nitrogen and oxygen atoms in total. The van der Waals surface area contributed by atoms with E-state index in [9.17, 15) is 4.79 Å². The van der Waals surface area contributed by atoms with Gasteiger partial charge >= 0.3 is 5.97 Å². The van der Waals surface area contributed by atoms with E-state index in [4.69, 9.17) is 4.74 Å². The van der Waals surface area contributed by atoms with E-state index >= 15 is 0 Å². The number of hydrogen-bond donors (Lipinski definition) is 0. The van der Waals surface area contributed by atoms with Crippen molar-refractivity contribution in [1.82, 2.24) is 0 Å². The highest BCUT2D eigenvalue weighted by Crippen LogP contribution is 2.52. The maximum Gasteiger partial charge on any atom is 0.309 e. The van der Waals surface area contributed by atoms with Crippen LogP contribution < -0.4 is 0 Å². The van der Waals surface area contributed by atoms with Crippen LogP contribution >= 0.6 is 0 Å². The standard InChI is InChI=1S/C15H22O2/c1-6-15(5)8-13-11(7-12(15)9(2)3)10(4)14(16)17-13/h6,10-13H,1-2,7-8H2,3-5H3/t10-,11-,12-,13-,15+/m1/s1. The van der Waals surface area contributed by atoms with Crippen LogP contribution in [0.1, 0.15) is 33.6 Å². The van der Waals surface area contributed by atoms with Gasteiger partial charge in [0.15, 0.2) is 0 Å². The molecular weight excluding hydrogens is 212 g/mol. The second-order valence-electron chi connectivity index (χ2n) is 5.98. The number of carbonyl (C=O) groups excluding carboxylic acids is 1. The Bertz CT molecular complexity index is 371. The molecule has 2 heteroatoms. The van der Waals surface area contributed by atoms with E-state index in [1.54, 1.807) is 0 Å². The molecule has 1 saturated heterocycles. The van der Waals surface area contributed by atoms with Gasteiger partial charge in [-0.15, -0.1) is 6.58 Å². The number of hydrogen-bond acceptors (Lipinski definition) is 2. The Morgan fingerprint density at radius 1 is 1.59 bits per heavy atom. The molecule has 1 aliphatic carbocycles. The normalized spacial score (nSPS) is 45.0. The summed E-state index contributed by atoms with van der Waals surface area (Å²) >= 11 is 0. The van der Waals surface area contributed by atoms with Gasteiger partial charge < -0.3 is 4.74 Å². The lowest BCUT2D eigenvalue weighted by atomic mass is 9.60. The van der Waals surface area contributed by atoms with Gasteiger partial charge in [0.05, 0.1) is 5.92 Å². The van der Waals surface area contributed by atoms with E-state index in [1.807, 2.05) is 13.0 Å². The number of fused-ring (bicyclic) bond motifs is 1. The molecule has 0 N–H and O–H groups in total. The molecule has 0 aromatic heterocycles. The summed E-state index contributed by atoms with van der Waals surface area (Å²) in [7, 11) is 0. The van der Waals surface area contributed by atoms with Crippen molar-refractivity contribution in [1.29, 1.82) is 0 Å². The second-order valence-corrected chi connectivity index (χ2v) is 5.98. The van der Waals surface area contributed by atoms with Crippen molar-refractivity contribution < 1.29 is 9.53 Å². The van der Waals surface area contributed by atoms with Gasteiger partial charge in [-0.05, 0) is 31.1 Å². The van der Waals surface area contributed by atoms with Crippen molar-refractivity contribution in [3.63, 3.8) is 0 Å². The quantitative estimate of drug-likeness (QED) is 0.541. The lowest BCUT2D eigenvalue weighted by Crippen LogP contribution is -2.41. The average Bonchev–Trinajstić information content (AvgIpc) is 2.53. The summed E-state index contributed by atoms with van der Waals surface area (Å²) in [4.78, 5) is 11.6. The predicted octanol–water partition coefficient (Wildman–Crippen LogP) is 3.34. The summed E-state index contributed by atoms with van der Waals surface area (Å²) in [6, 6.07) is 0. The summed E-state index contributed by atoms with van der Waals surface area (Å²) in [6.07, 6.45) is 3.97. The van der Waals surface area contributed by atoms with Crippen molar-refractivity contribution >= 4 is 5.97 Å². The van der Waals surface area contributed by atoms with Crippen LogP contribution in [0.15, 0.2) is 24.8 Å². The Morgan fingerprint density at radius 3 is 2.76 bits per heavy atom. The van der Waals surface area contributed by atoms with Crippen LogP contribution in [0.4, 0.5) is 0 Å². The lowest BCUT2D eigenvalue weighted by Gasteiger charge is -2.44. The Kier molecular flexibility index (Phi) is 2.92. The van der Waals surface area contributed by atoms with Crippen LogP contribution in [0.25, 0.3) is 0 Å². The molecule has 0 radical (unpaired) electrons. The summed E-state index contributed by atoms with van der Waals surface area (Å²) in [5.41, 5.74) is 1.20. The zero-order valence-corrected chi connectivity index (χ0v) is 11.0. The number of allylic oxidation sites excluding steroid dienone is 2. The fraction of sp³-hybridized carbons (Fsp3) is 0.667. The highest BCUT2D eigenvalue weighted by molar-refractivity contribution is 5.75. The monoisotopic (exact) mass is 234 g/mol. The molecule has 2 fully saturated rings. The smallest absolute Gasteiger partial charge is 0.309 e. The van der Waals surface area contributed by atoms with Gasteiger partial charge in [-0.3, -0.25) is 4.79 Å². The topological polar surface area (TPSA) is 26.3 Å². The first-order valence-corrected chi connectivity index (χ1v) is 6.38. The molecule has 1 heterocycles. The molecule has 17 heavy (non-hydrogen) atoms. The second kappa shape index (κ2) is 4.01. The minimum atomic E-state index is -0.0335. The molecule has 0 bridgehead atoms. The third kappa shape index (κ3) is 1.84. The average molecular weight is 234 g/mol. The molecule has 0 aromatic carbocycles. The number of rotatable bonds is 2. The molecule has 0 unspecified atom stereocenters. The molecule has 2 aliphatic rings. The third-order valence-electron chi connectivity index (χ3n) is 4.77. The van der Waals surface area contributed by atoms with Gasteiger partial charge in [0.25, 0.3) is 0 Å². The molecule has 5 atom stereocenters. The van der Waals surface area contributed by atoms with Gasteiger partial charge in [-0.25, -0.2) is 0 Å². The Balaban J connectivity index is 2.29. The van der Waals surface area contributed by atoms with Crippen LogP contribution in [0.3, 0.4) is 0 Å². The zero-order chi connectivity index (χ0) is 12.8. The Hall–Kier alpha value is -1.05.